The van der Waals surface area contributed by atoms with Crippen LogP contribution in [0.15, 0.2) is 24.3 Å². The molecule has 1 aromatic carbocycles. The number of benzene rings is 1. The largest absolute Gasteiger partial charge is 0.465 e. The molecule has 18 heavy (non-hydrogen) atoms. The Hall–Kier alpha value is -1.88. The van der Waals surface area contributed by atoms with E-state index < -0.39 is 5.97 Å². The van der Waals surface area contributed by atoms with Crippen molar-refractivity contribution in [2.75, 3.05) is 19.0 Å². The molecule has 0 saturated carbocycles. The summed E-state index contributed by atoms with van der Waals surface area (Å²) in [5.41, 5.74) is 6.55. The van der Waals surface area contributed by atoms with E-state index in [1.54, 1.807) is 24.3 Å². The van der Waals surface area contributed by atoms with E-state index in [2.05, 4.69) is 10.1 Å². The number of nitrogens with two attached hydrogens (primary N) is 1. The number of amides is 1. The van der Waals surface area contributed by atoms with Gasteiger partial charge in [0.15, 0.2) is 0 Å². The van der Waals surface area contributed by atoms with Gasteiger partial charge in [-0.2, -0.15) is 0 Å². The summed E-state index contributed by atoms with van der Waals surface area (Å²) in [5.74, 6) is -0.331. The van der Waals surface area contributed by atoms with Crippen molar-refractivity contribution in [1.29, 1.82) is 0 Å². The normalized spacial score (nSPS) is 11.7. The van der Waals surface area contributed by atoms with E-state index in [1.165, 1.54) is 7.11 Å². The Balaban J connectivity index is 2.58. The van der Waals surface area contributed by atoms with Crippen molar-refractivity contribution in [3.05, 3.63) is 29.8 Å². The zero-order chi connectivity index (χ0) is 13.5. The minimum Gasteiger partial charge on any atom is -0.465 e. The zero-order valence-corrected chi connectivity index (χ0v) is 10.6. The van der Waals surface area contributed by atoms with E-state index in [9.17, 15) is 9.59 Å². The smallest absolute Gasteiger partial charge is 0.337 e. The first-order valence-corrected chi connectivity index (χ1v) is 5.75. The molecular formula is C13H18N2O3. The third kappa shape index (κ3) is 4.18. The highest BCUT2D eigenvalue weighted by atomic mass is 16.5. The van der Waals surface area contributed by atoms with Gasteiger partial charge in [0, 0.05) is 12.1 Å². The molecule has 1 unspecified atom stereocenters. The lowest BCUT2D eigenvalue weighted by Gasteiger charge is -2.09. The monoisotopic (exact) mass is 250 g/mol. The molecule has 0 heterocycles. The SMILES string of the molecule is COC(=O)c1ccc(NC(=O)CC(C)CN)cc1. The second kappa shape index (κ2) is 6.76. The minimum atomic E-state index is -0.398. The van der Waals surface area contributed by atoms with Crippen LogP contribution in [0.3, 0.4) is 0 Å². The molecule has 1 aromatic rings. The van der Waals surface area contributed by atoms with Gasteiger partial charge in [0.1, 0.15) is 0 Å². The average Bonchev–Trinajstić information content (AvgIpc) is 2.38. The van der Waals surface area contributed by atoms with Crippen LogP contribution in [0.5, 0.6) is 0 Å². The van der Waals surface area contributed by atoms with Gasteiger partial charge < -0.3 is 15.8 Å². The Bertz CT molecular complexity index is 415. The van der Waals surface area contributed by atoms with Crippen molar-refractivity contribution in [2.45, 2.75) is 13.3 Å². The summed E-state index contributed by atoms with van der Waals surface area (Å²) in [6.07, 6.45) is 0.384. The van der Waals surface area contributed by atoms with Crippen LogP contribution in [0, 0.1) is 5.92 Å². The van der Waals surface area contributed by atoms with Gasteiger partial charge in [-0.05, 0) is 36.7 Å². The number of hydrogen-bond acceptors (Lipinski definition) is 4. The fraction of sp³-hybridized carbons (Fsp3) is 0.385. The molecule has 1 atom stereocenters. The highest BCUT2D eigenvalue weighted by molar-refractivity contribution is 5.93. The number of ether oxygens (including phenoxy) is 1. The average molecular weight is 250 g/mol. The second-order valence-corrected chi connectivity index (χ2v) is 4.16. The Labute approximate surface area is 106 Å². The van der Waals surface area contributed by atoms with Gasteiger partial charge in [-0.3, -0.25) is 4.79 Å². The maximum atomic E-state index is 11.6. The predicted octanol–water partition coefficient (Wildman–Crippen LogP) is 1.40. The number of carbonyl (C=O) groups excluding carboxylic acids is 2. The molecule has 0 aliphatic rings. The van der Waals surface area contributed by atoms with Gasteiger partial charge in [0.05, 0.1) is 12.7 Å². The van der Waals surface area contributed by atoms with E-state index in [0.29, 0.717) is 24.2 Å². The first kappa shape index (κ1) is 14.2. The van der Waals surface area contributed by atoms with Crippen LogP contribution in [0.2, 0.25) is 0 Å². The van der Waals surface area contributed by atoms with Gasteiger partial charge in [-0.25, -0.2) is 4.79 Å². The minimum absolute atomic E-state index is 0.0845. The van der Waals surface area contributed by atoms with Crippen molar-refractivity contribution in [2.24, 2.45) is 11.7 Å². The Morgan fingerprint density at radius 2 is 1.94 bits per heavy atom. The number of rotatable bonds is 5. The van der Waals surface area contributed by atoms with Crippen LogP contribution >= 0.6 is 0 Å². The maximum absolute atomic E-state index is 11.6. The molecule has 0 radical (unpaired) electrons. The lowest BCUT2D eigenvalue weighted by atomic mass is 10.1. The molecular weight excluding hydrogens is 232 g/mol. The molecule has 5 heteroatoms. The van der Waals surface area contributed by atoms with Crippen molar-refractivity contribution in [3.8, 4) is 0 Å². The number of esters is 1. The van der Waals surface area contributed by atoms with Crippen molar-refractivity contribution in [3.63, 3.8) is 0 Å². The van der Waals surface area contributed by atoms with Gasteiger partial charge in [-0.15, -0.1) is 0 Å². The highest BCUT2D eigenvalue weighted by Crippen LogP contribution is 2.11. The molecule has 1 rings (SSSR count). The maximum Gasteiger partial charge on any atom is 0.337 e. The molecule has 0 aliphatic heterocycles. The van der Waals surface area contributed by atoms with Crippen molar-refractivity contribution in [1.82, 2.24) is 0 Å². The summed E-state index contributed by atoms with van der Waals surface area (Å²) in [7, 11) is 1.33. The van der Waals surface area contributed by atoms with Gasteiger partial charge >= 0.3 is 5.97 Å². The van der Waals surface area contributed by atoms with E-state index >= 15 is 0 Å². The first-order chi connectivity index (χ1) is 8.56. The molecule has 0 bridgehead atoms. The predicted molar refractivity (Wildman–Crippen MR) is 69.2 cm³/mol. The van der Waals surface area contributed by atoms with E-state index in [4.69, 9.17) is 5.73 Å². The summed E-state index contributed by atoms with van der Waals surface area (Å²) in [6.45, 7) is 2.40. The van der Waals surface area contributed by atoms with Crippen molar-refractivity contribution >= 4 is 17.6 Å². The Morgan fingerprint density at radius 3 is 2.44 bits per heavy atom. The van der Waals surface area contributed by atoms with Crippen LogP contribution in [-0.2, 0) is 9.53 Å². The summed E-state index contributed by atoms with van der Waals surface area (Å²) >= 11 is 0. The summed E-state index contributed by atoms with van der Waals surface area (Å²) < 4.78 is 4.58. The standard InChI is InChI=1S/C13H18N2O3/c1-9(8-14)7-12(16)15-11-5-3-10(4-6-11)13(17)18-2/h3-6,9H,7-8,14H2,1-2H3,(H,15,16). The number of carbonyl (C=O) groups is 2. The summed E-state index contributed by atoms with van der Waals surface area (Å²) in [6, 6.07) is 6.54. The van der Waals surface area contributed by atoms with Crippen LogP contribution in [0.1, 0.15) is 23.7 Å². The summed E-state index contributed by atoms with van der Waals surface area (Å²) in [4.78, 5) is 22.8. The lowest BCUT2D eigenvalue weighted by Crippen LogP contribution is -2.20. The zero-order valence-electron chi connectivity index (χ0n) is 10.6. The Kier molecular flexibility index (Phi) is 5.32. The van der Waals surface area contributed by atoms with Crippen molar-refractivity contribution < 1.29 is 14.3 Å². The lowest BCUT2D eigenvalue weighted by molar-refractivity contribution is -0.116. The molecule has 98 valence electrons. The van der Waals surface area contributed by atoms with Gasteiger partial charge in [0.2, 0.25) is 5.91 Å². The van der Waals surface area contributed by atoms with Crippen LogP contribution in [-0.4, -0.2) is 25.5 Å². The molecule has 5 nitrogen and oxygen atoms in total. The highest BCUT2D eigenvalue weighted by Gasteiger charge is 2.09. The number of hydrogen-bond donors (Lipinski definition) is 2. The molecule has 3 N–H and O–H groups in total. The fourth-order valence-electron chi connectivity index (χ4n) is 1.42. The molecule has 1 amide bonds. The molecule has 0 aromatic heterocycles. The van der Waals surface area contributed by atoms with E-state index in [1.807, 2.05) is 6.92 Å². The van der Waals surface area contributed by atoms with Gasteiger partial charge in [0.25, 0.3) is 0 Å². The summed E-state index contributed by atoms with van der Waals surface area (Å²) in [5, 5.41) is 2.74. The van der Waals surface area contributed by atoms with E-state index in [-0.39, 0.29) is 11.8 Å². The number of methoxy groups -OCH3 is 1. The molecule has 0 aliphatic carbocycles. The second-order valence-electron chi connectivity index (χ2n) is 4.16. The quantitative estimate of drug-likeness (QED) is 0.774. The van der Waals surface area contributed by atoms with Crippen LogP contribution in [0.4, 0.5) is 5.69 Å². The molecule has 0 spiro atoms. The van der Waals surface area contributed by atoms with Gasteiger partial charge in [-0.1, -0.05) is 6.92 Å². The number of anilines is 1. The fourth-order valence-corrected chi connectivity index (χ4v) is 1.42. The Morgan fingerprint density at radius 1 is 1.33 bits per heavy atom. The third-order valence-corrected chi connectivity index (χ3v) is 2.53. The third-order valence-electron chi connectivity index (χ3n) is 2.53. The van der Waals surface area contributed by atoms with E-state index in [0.717, 1.165) is 0 Å². The first-order valence-electron chi connectivity index (χ1n) is 5.75. The molecule has 0 fully saturated rings. The van der Waals surface area contributed by atoms with Crippen LogP contribution in [0.25, 0.3) is 0 Å². The molecule has 0 saturated heterocycles. The number of nitrogens with one attached hydrogen (secondary N) is 1. The topological polar surface area (TPSA) is 81.4 Å². The van der Waals surface area contributed by atoms with Crippen LogP contribution < -0.4 is 11.1 Å².